The van der Waals surface area contributed by atoms with Crippen LogP contribution in [0.3, 0.4) is 0 Å². The summed E-state index contributed by atoms with van der Waals surface area (Å²) < 4.78 is 29.9. The summed E-state index contributed by atoms with van der Waals surface area (Å²) in [5, 5.41) is 13.6. The van der Waals surface area contributed by atoms with E-state index < -0.39 is 10.0 Å². The van der Waals surface area contributed by atoms with Crippen molar-refractivity contribution in [1.29, 1.82) is 0 Å². The van der Waals surface area contributed by atoms with Crippen molar-refractivity contribution in [3.05, 3.63) is 53.6 Å². The first-order chi connectivity index (χ1) is 12.3. The number of methoxy groups -OCH3 is 1. The summed E-state index contributed by atoms with van der Waals surface area (Å²) in [6.45, 7) is 5.86. The van der Waals surface area contributed by atoms with Gasteiger partial charge in [-0.05, 0) is 55.2 Å². The second-order valence-electron chi connectivity index (χ2n) is 6.06. The summed E-state index contributed by atoms with van der Waals surface area (Å²) >= 11 is 0. The van der Waals surface area contributed by atoms with E-state index in [0.717, 1.165) is 12.0 Å². The van der Waals surface area contributed by atoms with E-state index in [1.807, 2.05) is 12.1 Å². The molecule has 140 valence electrons. The molecule has 26 heavy (non-hydrogen) atoms. The van der Waals surface area contributed by atoms with Crippen molar-refractivity contribution in [3.8, 4) is 11.5 Å². The van der Waals surface area contributed by atoms with Crippen molar-refractivity contribution in [1.82, 2.24) is 4.83 Å². The zero-order valence-corrected chi connectivity index (χ0v) is 16.2. The van der Waals surface area contributed by atoms with Gasteiger partial charge in [0.05, 0.1) is 17.7 Å². The molecule has 0 radical (unpaired) electrons. The normalized spacial score (nSPS) is 13.3. The van der Waals surface area contributed by atoms with Crippen LogP contribution in [0.15, 0.2) is 52.5 Å². The fourth-order valence-electron chi connectivity index (χ4n) is 2.36. The van der Waals surface area contributed by atoms with Crippen LogP contribution < -0.4 is 9.57 Å². The molecule has 6 nitrogen and oxygen atoms in total. The Labute approximate surface area is 154 Å². The lowest BCUT2D eigenvalue weighted by molar-refractivity contribution is 0.373. The summed E-state index contributed by atoms with van der Waals surface area (Å²) in [6.07, 6.45) is 0.990. The van der Waals surface area contributed by atoms with Crippen LogP contribution in [-0.4, -0.2) is 26.3 Å². The van der Waals surface area contributed by atoms with E-state index in [2.05, 4.69) is 23.8 Å². The first-order valence-corrected chi connectivity index (χ1v) is 9.80. The molecule has 2 aromatic carbocycles. The van der Waals surface area contributed by atoms with Crippen LogP contribution in [0.1, 0.15) is 44.2 Å². The third kappa shape index (κ3) is 4.54. The van der Waals surface area contributed by atoms with Crippen LogP contribution in [0.4, 0.5) is 0 Å². The van der Waals surface area contributed by atoms with Crippen LogP contribution in [0.2, 0.25) is 0 Å². The molecule has 0 amide bonds. The smallest absolute Gasteiger partial charge is 0.276 e. The molecule has 0 saturated heterocycles. The summed E-state index contributed by atoms with van der Waals surface area (Å²) in [5.74, 6) is 0.677. The highest BCUT2D eigenvalue weighted by molar-refractivity contribution is 7.89. The van der Waals surface area contributed by atoms with Gasteiger partial charge in [-0.2, -0.15) is 18.4 Å². The predicted octanol–water partition coefficient (Wildman–Crippen LogP) is 3.62. The Morgan fingerprint density at radius 2 is 1.88 bits per heavy atom. The lowest BCUT2D eigenvalue weighted by atomic mass is 9.99. The fraction of sp³-hybridized carbons (Fsp3) is 0.316. The zero-order chi connectivity index (χ0) is 19.3. The minimum absolute atomic E-state index is 0.00558. The van der Waals surface area contributed by atoms with Gasteiger partial charge < -0.3 is 9.84 Å². The molecule has 2 N–H and O–H groups in total. The molecule has 0 spiro atoms. The van der Waals surface area contributed by atoms with Gasteiger partial charge in [0, 0.05) is 5.56 Å². The Morgan fingerprint density at radius 1 is 1.23 bits per heavy atom. The molecular formula is C19H24N2O4S. The van der Waals surface area contributed by atoms with Gasteiger partial charge in [0.2, 0.25) is 0 Å². The predicted molar refractivity (Wildman–Crippen MR) is 102 cm³/mol. The number of ether oxygens (including phenoxy) is 1. The molecule has 2 rings (SSSR count). The largest absolute Gasteiger partial charge is 0.504 e. The van der Waals surface area contributed by atoms with E-state index >= 15 is 0 Å². The van der Waals surface area contributed by atoms with Crippen molar-refractivity contribution in [3.63, 3.8) is 0 Å². The molecule has 0 fully saturated rings. The Bertz CT molecular complexity index is 890. The van der Waals surface area contributed by atoms with Gasteiger partial charge in [0.1, 0.15) is 0 Å². The number of nitrogens with one attached hydrogen (secondary N) is 1. The van der Waals surface area contributed by atoms with Crippen molar-refractivity contribution < 1.29 is 18.3 Å². The molecule has 0 aliphatic carbocycles. The maximum absolute atomic E-state index is 12.4. The van der Waals surface area contributed by atoms with Gasteiger partial charge in [0.25, 0.3) is 10.0 Å². The maximum Gasteiger partial charge on any atom is 0.276 e. The molecule has 1 atom stereocenters. The minimum Gasteiger partial charge on any atom is -0.504 e. The van der Waals surface area contributed by atoms with Gasteiger partial charge in [-0.15, -0.1) is 0 Å². The fourth-order valence-corrected chi connectivity index (χ4v) is 3.22. The van der Waals surface area contributed by atoms with Crippen LogP contribution >= 0.6 is 0 Å². The zero-order valence-electron chi connectivity index (χ0n) is 15.4. The number of phenols is 1. The third-order valence-corrected chi connectivity index (χ3v) is 5.53. The van der Waals surface area contributed by atoms with Crippen LogP contribution in [0, 0.1) is 0 Å². The highest BCUT2D eigenvalue weighted by Gasteiger charge is 2.14. The van der Waals surface area contributed by atoms with Gasteiger partial charge in [-0.3, -0.25) is 0 Å². The number of hydrogen-bond acceptors (Lipinski definition) is 5. The maximum atomic E-state index is 12.4. The van der Waals surface area contributed by atoms with E-state index in [-0.39, 0.29) is 10.6 Å². The lowest BCUT2D eigenvalue weighted by Gasteiger charge is -2.10. The number of sulfonamides is 1. The molecular weight excluding hydrogens is 352 g/mol. The number of rotatable bonds is 7. The highest BCUT2D eigenvalue weighted by Crippen LogP contribution is 2.26. The number of hydrogen-bond donors (Lipinski definition) is 2. The number of phenolic OH excluding ortho intramolecular Hbond substituents is 1. The quantitative estimate of drug-likeness (QED) is 0.571. The summed E-state index contributed by atoms with van der Waals surface area (Å²) in [6, 6.07) is 11.5. The SMILES string of the molecule is CCC(C)c1ccc(S(=O)(=O)NN=C(C)c2ccc(O)c(OC)c2)cc1. The average molecular weight is 376 g/mol. The molecule has 0 aromatic heterocycles. The van der Waals surface area contributed by atoms with Crippen LogP contribution in [0.25, 0.3) is 0 Å². The Kier molecular flexibility index (Phi) is 6.26. The van der Waals surface area contributed by atoms with Gasteiger partial charge in [0.15, 0.2) is 11.5 Å². The molecule has 1 unspecified atom stereocenters. The highest BCUT2D eigenvalue weighted by atomic mass is 32.2. The van der Waals surface area contributed by atoms with E-state index in [9.17, 15) is 13.5 Å². The molecule has 0 saturated carbocycles. The first kappa shape index (κ1) is 19.8. The molecule has 0 bridgehead atoms. The van der Waals surface area contributed by atoms with E-state index in [0.29, 0.717) is 22.9 Å². The minimum atomic E-state index is -3.75. The number of nitrogens with zero attached hydrogens (tertiary/aromatic N) is 1. The lowest BCUT2D eigenvalue weighted by Crippen LogP contribution is -2.20. The van der Waals surface area contributed by atoms with Crippen molar-refractivity contribution >= 4 is 15.7 Å². The summed E-state index contributed by atoms with van der Waals surface area (Å²) in [5.41, 5.74) is 2.18. The van der Waals surface area contributed by atoms with E-state index in [1.54, 1.807) is 31.2 Å². The summed E-state index contributed by atoms with van der Waals surface area (Å²) in [7, 11) is -2.31. The molecule has 0 heterocycles. The molecule has 7 heteroatoms. The Morgan fingerprint density at radius 3 is 2.46 bits per heavy atom. The van der Waals surface area contributed by atoms with E-state index in [1.165, 1.54) is 13.2 Å². The second kappa shape index (κ2) is 8.23. The van der Waals surface area contributed by atoms with Gasteiger partial charge in [-0.1, -0.05) is 26.0 Å². The van der Waals surface area contributed by atoms with Gasteiger partial charge >= 0.3 is 0 Å². The third-order valence-electron chi connectivity index (χ3n) is 4.30. The molecule has 0 aliphatic heterocycles. The van der Waals surface area contributed by atoms with E-state index in [4.69, 9.17) is 4.74 Å². The average Bonchev–Trinajstić information content (AvgIpc) is 2.66. The summed E-state index contributed by atoms with van der Waals surface area (Å²) in [4.78, 5) is 2.40. The number of benzene rings is 2. The number of aromatic hydroxyl groups is 1. The standard InChI is InChI=1S/C19H24N2O4S/c1-5-13(2)15-6-9-17(10-7-15)26(23,24)21-20-14(3)16-8-11-18(22)19(12-16)25-4/h6-13,21-22H,5H2,1-4H3. The molecule has 2 aromatic rings. The van der Waals surface area contributed by atoms with Gasteiger partial charge in [-0.25, -0.2) is 0 Å². The second-order valence-corrected chi connectivity index (χ2v) is 7.72. The Hall–Kier alpha value is -2.54. The van der Waals surface area contributed by atoms with Crippen molar-refractivity contribution in [2.45, 2.75) is 38.0 Å². The van der Waals surface area contributed by atoms with Crippen LogP contribution in [0.5, 0.6) is 11.5 Å². The van der Waals surface area contributed by atoms with Crippen molar-refractivity contribution in [2.24, 2.45) is 5.10 Å². The van der Waals surface area contributed by atoms with Crippen molar-refractivity contribution in [2.75, 3.05) is 7.11 Å². The Balaban J connectivity index is 2.19. The first-order valence-electron chi connectivity index (χ1n) is 8.32. The molecule has 0 aliphatic rings. The number of hydrazone groups is 1. The van der Waals surface area contributed by atoms with Crippen LogP contribution in [-0.2, 0) is 10.0 Å². The topological polar surface area (TPSA) is 88.0 Å². The monoisotopic (exact) mass is 376 g/mol.